The van der Waals surface area contributed by atoms with Crippen molar-refractivity contribution in [3.8, 4) is 0 Å². The third-order valence-electron chi connectivity index (χ3n) is 3.76. The second-order valence-electron chi connectivity index (χ2n) is 5.11. The van der Waals surface area contributed by atoms with Crippen molar-refractivity contribution in [1.82, 2.24) is 20.1 Å². The zero-order valence-corrected chi connectivity index (χ0v) is 11.4. The first kappa shape index (κ1) is 11.6. The molecule has 2 aliphatic rings. The van der Waals surface area contributed by atoms with E-state index in [9.17, 15) is 0 Å². The minimum atomic E-state index is 0.490. The Morgan fingerprint density at radius 2 is 2.24 bits per heavy atom. The number of likely N-dealkylation sites (N-methyl/N-ethyl adjacent to an activating group) is 2. The third kappa shape index (κ3) is 2.25. The lowest BCUT2D eigenvalue weighted by Gasteiger charge is -2.36. The predicted octanol–water partition coefficient (Wildman–Crippen LogP) is 0.707. The summed E-state index contributed by atoms with van der Waals surface area (Å²) in [5.74, 6) is 0. The molecule has 5 heteroatoms. The lowest BCUT2D eigenvalue weighted by Crippen LogP contribution is -2.44. The molecule has 1 unspecified atom stereocenters. The number of fused-ring (bicyclic) bond motifs is 1. The van der Waals surface area contributed by atoms with Gasteiger partial charge in [0.2, 0.25) is 0 Å². The Kier molecular flexibility index (Phi) is 3.17. The summed E-state index contributed by atoms with van der Waals surface area (Å²) in [6, 6.07) is 0.490. The average molecular weight is 252 g/mol. The fraction of sp³-hybridized carbons (Fsp3) is 0.750. The van der Waals surface area contributed by atoms with Crippen molar-refractivity contribution in [3.63, 3.8) is 0 Å². The molecule has 94 valence electrons. The molecule has 2 aliphatic heterocycles. The zero-order valence-electron chi connectivity index (χ0n) is 10.6. The van der Waals surface area contributed by atoms with E-state index in [2.05, 4.69) is 29.2 Å². The van der Waals surface area contributed by atoms with Crippen molar-refractivity contribution in [2.75, 3.05) is 40.3 Å². The monoisotopic (exact) mass is 252 g/mol. The number of hydrogen-bond donors (Lipinski definition) is 1. The fourth-order valence-corrected chi connectivity index (χ4v) is 3.80. The van der Waals surface area contributed by atoms with Gasteiger partial charge in [0.15, 0.2) is 0 Å². The SMILES string of the molecule is CN1CCN(C)C(c2nc3c(s2)CNCC3)C1. The van der Waals surface area contributed by atoms with Crippen LogP contribution < -0.4 is 5.32 Å². The third-order valence-corrected chi connectivity index (χ3v) is 4.95. The van der Waals surface area contributed by atoms with E-state index in [-0.39, 0.29) is 0 Å². The number of rotatable bonds is 1. The quantitative estimate of drug-likeness (QED) is 0.797. The molecule has 3 rings (SSSR count). The van der Waals surface area contributed by atoms with E-state index in [1.165, 1.54) is 22.1 Å². The normalized spacial score (nSPS) is 27.1. The molecular formula is C12H20N4S. The van der Waals surface area contributed by atoms with Gasteiger partial charge >= 0.3 is 0 Å². The Labute approximate surface area is 107 Å². The van der Waals surface area contributed by atoms with E-state index < -0.39 is 0 Å². The van der Waals surface area contributed by atoms with E-state index in [4.69, 9.17) is 4.98 Å². The van der Waals surface area contributed by atoms with Gasteiger partial charge in [-0.3, -0.25) is 4.90 Å². The molecule has 1 N–H and O–H groups in total. The van der Waals surface area contributed by atoms with Gasteiger partial charge < -0.3 is 10.2 Å². The van der Waals surface area contributed by atoms with Gasteiger partial charge in [0.05, 0.1) is 11.7 Å². The molecule has 1 aromatic rings. The Morgan fingerprint density at radius 3 is 3.06 bits per heavy atom. The number of hydrogen-bond acceptors (Lipinski definition) is 5. The summed E-state index contributed by atoms with van der Waals surface area (Å²) >= 11 is 1.91. The van der Waals surface area contributed by atoms with E-state index in [1.807, 2.05) is 11.3 Å². The van der Waals surface area contributed by atoms with Crippen LogP contribution in [0.3, 0.4) is 0 Å². The van der Waals surface area contributed by atoms with Crippen molar-refractivity contribution in [2.24, 2.45) is 0 Å². The average Bonchev–Trinajstić information content (AvgIpc) is 2.75. The Bertz CT molecular complexity index is 380. The predicted molar refractivity (Wildman–Crippen MR) is 70.4 cm³/mol. The summed E-state index contributed by atoms with van der Waals surface area (Å²) < 4.78 is 0. The number of piperazine rings is 1. The van der Waals surface area contributed by atoms with Crippen LogP contribution in [0.4, 0.5) is 0 Å². The molecule has 0 radical (unpaired) electrons. The first-order valence-electron chi connectivity index (χ1n) is 6.32. The van der Waals surface area contributed by atoms with Crippen molar-refractivity contribution in [2.45, 2.75) is 19.0 Å². The van der Waals surface area contributed by atoms with Crippen LogP contribution in [0.1, 0.15) is 21.6 Å². The van der Waals surface area contributed by atoms with Crippen LogP contribution in [0.2, 0.25) is 0 Å². The Balaban J connectivity index is 1.84. The van der Waals surface area contributed by atoms with Gasteiger partial charge in [0, 0.05) is 44.0 Å². The second kappa shape index (κ2) is 4.65. The van der Waals surface area contributed by atoms with Gasteiger partial charge in [-0.1, -0.05) is 0 Å². The maximum atomic E-state index is 4.87. The van der Waals surface area contributed by atoms with Crippen LogP contribution in [-0.4, -0.2) is 55.1 Å². The van der Waals surface area contributed by atoms with Gasteiger partial charge in [-0.05, 0) is 14.1 Å². The second-order valence-corrected chi connectivity index (χ2v) is 6.22. The van der Waals surface area contributed by atoms with Crippen LogP contribution in [0, 0.1) is 0 Å². The maximum absolute atomic E-state index is 4.87. The number of nitrogens with zero attached hydrogens (tertiary/aromatic N) is 3. The van der Waals surface area contributed by atoms with E-state index >= 15 is 0 Å². The standard InChI is InChI=1S/C12H20N4S/c1-15-5-6-16(2)10(8-15)12-14-9-3-4-13-7-11(9)17-12/h10,13H,3-8H2,1-2H3. The largest absolute Gasteiger partial charge is 0.311 e. The number of aromatic nitrogens is 1. The molecule has 3 heterocycles. The smallest absolute Gasteiger partial charge is 0.112 e. The molecule has 0 bridgehead atoms. The van der Waals surface area contributed by atoms with Crippen molar-refractivity contribution in [1.29, 1.82) is 0 Å². The summed E-state index contributed by atoms with van der Waals surface area (Å²) in [6.45, 7) is 5.51. The van der Waals surface area contributed by atoms with Gasteiger partial charge in [0.25, 0.3) is 0 Å². The first-order chi connectivity index (χ1) is 8.24. The van der Waals surface area contributed by atoms with E-state index in [1.54, 1.807) is 0 Å². The first-order valence-corrected chi connectivity index (χ1v) is 7.13. The van der Waals surface area contributed by atoms with Crippen LogP contribution in [0.5, 0.6) is 0 Å². The zero-order chi connectivity index (χ0) is 11.8. The van der Waals surface area contributed by atoms with Crippen molar-refractivity contribution in [3.05, 3.63) is 15.6 Å². The highest BCUT2D eigenvalue weighted by Crippen LogP contribution is 2.30. The Hall–Kier alpha value is -0.490. The molecule has 4 nitrogen and oxygen atoms in total. The van der Waals surface area contributed by atoms with Crippen LogP contribution in [-0.2, 0) is 13.0 Å². The van der Waals surface area contributed by atoms with Gasteiger partial charge in [-0.25, -0.2) is 4.98 Å². The molecule has 17 heavy (non-hydrogen) atoms. The molecule has 0 aliphatic carbocycles. The van der Waals surface area contributed by atoms with Crippen molar-refractivity contribution < 1.29 is 0 Å². The highest BCUT2D eigenvalue weighted by Gasteiger charge is 2.27. The summed E-state index contributed by atoms with van der Waals surface area (Å²) in [5, 5.41) is 4.74. The van der Waals surface area contributed by atoms with Gasteiger partial charge in [-0.15, -0.1) is 11.3 Å². The molecule has 0 amide bonds. The number of thiazole rings is 1. The van der Waals surface area contributed by atoms with E-state index in [0.29, 0.717) is 6.04 Å². The van der Waals surface area contributed by atoms with Crippen LogP contribution >= 0.6 is 11.3 Å². The minimum Gasteiger partial charge on any atom is -0.311 e. The molecule has 0 saturated carbocycles. The minimum absolute atomic E-state index is 0.490. The lowest BCUT2D eigenvalue weighted by atomic mass is 10.2. The molecule has 0 spiro atoms. The molecule has 1 atom stereocenters. The highest BCUT2D eigenvalue weighted by molar-refractivity contribution is 7.11. The van der Waals surface area contributed by atoms with Crippen LogP contribution in [0.25, 0.3) is 0 Å². The summed E-state index contributed by atoms with van der Waals surface area (Å²) in [4.78, 5) is 11.2. The van der Waals surface area contributed by atoms with Crippen LogP contribution in [0.15, 0.2) is 0 Å². The lowest BCUT2D eigenvalue weighted by molar-refractivity contribution is 0.115. The van der Waals surface area contributed by atoms with Gasteiger partial charge in [-0.2, -0.15) is 0 Å². The van der Waals surface area contributed by atoms with Crippen molar-refractivity contribution >= 4 is 11.3 Å². The topological polar surface area (TPSA) is 31.4 Å². The Morgan fingerprint density at radius 1 is 1.35 bits per heavy atom. The number of nitrogens with one attached hydrogen (secondary N) is 1. The summed E-state index contributed by atoms with van der Waals surface area (Å²) in [6.07, 6.45) is 1.10. The van der Waals surface area contributed by atoms with E-state index in [0.717, 1.165) is 32.6 Å². The molecular weight excluding hydrogens is 232 g/mol. The summed E-state index contributed by atoms with van der Waals surface area (Å²) in [5.41, 5.74) is 1.34. The molecule has 1 aromatic heterocycles. The molecule has 1 saturated heterocycles. The molecule has 0 aromatic carbocycles. The highest BCUT2D eigenvalue weighted by atomic mass is 32.1. The maximum Gasteiger partial charge on any atom is 0.112 e. The van der Waals surface area contributed by atoms with Gasteiger partial charge in [0.1, 0.15) is 5.01 Å². The molecule has 1 fully saturated rings. The fourth-order valence-electron chi connectivity index (χ4n) is 2.56. The summed E-state index contributed by atoms with van der Waals surface area (Å²) in [7, 11) is 4.42.